The van der Waals surface area contributed by atoms with Gasteiger partial charge in [0.15, 0.2) is 0 Å². The summed E-state index contributed by atoms with van der Waals surface area (Å²) in [6.07, 6.45) is 0.882. The Hall–Kier alpha value is -0.860. The summed E-state index contributed by atoms with van der Waals surface area (Å²) in [7, 11) is 0. The van der Waals surface area contributed by atoms with E-state index in [4.69, 9.17) is 10.6 Å². The smallest absolute Gasteiger partial charge is 0.210 e. The predicted octanol–water partition coefficient (Wildman–Crippen LogP) is 1.95. The lowest BCUT2D eigenvalue weighted by molar-refractivity contribution is 0.146. The number of para-hydroxylation sites is 1. The van der Waals surface area contributed by atoms with Crippen LogP contribution in [0.4, 0.5) is 5.69 Å². The highest BCUT2D eigenvalue weighted by Gasteiger charge is 2.00. The number of anilines is 1. The molecular formula is C12H19IN4O. The summed E-state index contributed by atoms with van der Waals surface area (Å²) in [6, 6.07) is 7.95. The minimum atomic E-state index is 0.565. The number of hydrogen-bond acceptors (Lipinski definition) is 3. The minimum Gasteiger partial charge on any atom is -0.382 e. The summed E-state index contributed by atoms with van der Waals surface area (Å²) in [5.74, 6) is 6.00. The zero-order valence-electron chi connectivity index (χ0n) is 10.4. The first-order chi connectivity index (χ1) is 8.77. The Bertz CT molecular complexity index is 384. The quantitative estimate of drug-likeness (QED) is 0.181. The van der Waals surface area contributed by atoms with Crippen molar-refractivity contribution in [2.45, 2.75) is 13.3 Å². The van der Waals surface area contributed by atoms with E-state index < -0.39 is 0 Å². The first kappa shape index (κ1) is 15.2. The van der Waals surface area contributed by atoms with E-state index in [2.05, 4.69) is 38.3 Å². The highest BCUT2D eigenvalue weighted by Crippen LogP contribution is 2.16. The van der Waals surface area contributed by atoms with Crippen LogP contribution < -0.4 is 16.6 Å². The fraction of sp³-hybridized carbons (Fsp3) is 0.417. The van der Waals surface area contributed by atoms with E-state index in [0.717, 1.165) is 28.9 Å². The molecule has 0 aliphatic heterocycles. The van der Waals surface area contributed by atoms with Gasteiger partial charge >= 0.3 is 0 Å². The molecule has 0 bridgehead atoms. The monoisotopic (exact) mass is 362 g/mol. The molecule has 4 N–H and O–H groups in total. The van der Waals surface area contributed by atoms with E-state index in [-0.39, 0.29) is 0 Å². The van der Waals surface area contributed by atoms with E-state index in [1.807, 2.05) is 31.2 Å². The largest absolute Gasteiger partial charge is 0.382 e. The molecule has 5 nitrogen and oxygen atoms in total. The molecule has 0 fully saturated rings. The second-order valence-electron chi connectivity index (χ2n) is 3.53. The van der Waals surface area contributed by atoms with Gasteiger partial charge < -0.3 is 10.1 Å². The number of hydrazine groups is 1. The van der Waals surface area contributed by atoms with Crippen LogP contribution in [0.5, 0.6) is 0 Å². The number of nitrogens with one attached hydrogen (secondary N) is 2. The minimum absolute atomic E-state index is 0.565. The van der Waals surface area contributed by atoms with Crippen LogP contribution in [0.2, 0.25) is 0 Å². The van der Waals surface area contributed by atoms with Crippen molar-refractivity contribution >= 4 is 34.2 Å². The lowest BCUT2D eigenvalue weighted by atomic mass is 10.3. The van der Waals surface area contributed by atoms with Crippen molar-refractivity contribution in [1.29, 1.82) is 0 Å². The number of aliphatic imine (C=N–C) groups is 1. The van der Waals surface area contributed by atoms with Crippen molar-refractivity contribution in [3.63, 3.8) is 0 Å². The van der Waals surface area contributed by atoms with Crippen LogP contribution in [-0.4, -0.2) is 25.7 Å². The Labute approximate surface area is 121 Å². The van der Waals surface area contributed by atoms with Crippen LogP contribution in [0.3, 0.4) is 0 Å². The molecule has 0 radical (unpaired) electrons. The van der Waals surface area contributed by atoms with Gasteiger partial charge in [0.2, 0.25) is 5.96 Å². The standard InChI is InChI=1S/C12H19IN4O/c1-2-18-9-5-8-15-12(17-14)16-11-7-4-3-6-10(11)13/h3-4,6-7H,2,5,8-9,14H2,1H3,(H2,15,16,17). The third kappa shape index (κ3) is 5.65. The number of ether oxygens (including phenoxy) is 1. The molecule has 0 amide bonds. The van der Waals surface area contributed by atoms with E-state index in [9.17, 15) is 0 Å². The van der Waals surface area contributed by atoms with Gasteiger partial charge in [0.05, 0.1) is 5.69 Å². The Kier molecular flexibility index (Phi) is 7.70. The molecule has 0 heterocycles. The summed E-state index contributed by atoms with van der Waals surface area (Å²) < 4.78 is 6.36. The van der Waals surface area contributed by atoms with Gasteiger partial charge in [-0.1, -0.05) is 12.1 Å². The summed E-state index contributed by atoms with van der Waals surface area (Å²) in [4.78, 5) is 4.34. The van der Waals surface area contributed by atoms with Crippen molar-refractivity contribution in [2.75, 3.05) is 25.1 Å². The van der Waals surface area contributed by atoms with Gasteiger partial charge in [0.1, 0.15) is 0 Å². The average Bonchev–Trinajstić information content (AvgIpc) is 2.39. The topological polar surface area (TPSA) is 71.7 Å². The molecular weight excluding hydrogens is 343 g/mol. The third-order valence-corrected chi connectivity index (χ3v) is 3.13. The summed E-state index contributed by atoms with van der Waals surface area (Å²) in [6.45, 7) is 4.12. The maximum atomic E-state index is 5.43. The highest BCUT2D eigenvalue weighted by molar-refractivity contribution is 14.1. The van der Waals surface area contributed by atoms with Crippen LogP contribution in [0.15, 0.2) is 29.3 Å². The zero-order chi connectivity index (χ0) is 13.2. The summed E-state index contributed by atoms with van der Waals surface area (Å²) in [5, 5.41) is 3.15. The molecule has 0 atom stereocenters. The zero-order valence-corrected chi connectivity index (χ0v) is 12.6. The van der Waals surface area contributed by atoms with Crippen molar-refractivity contribution in [3.8, 4) is 0 Å². The first-order valence-electron chi connectivity index (χ1n) is 5.88. The lowest BCUT2D eigenvalue weighted by Gasteiger charge is -2.10. The van der Waals surface area contributed by atoms with Gasteiger partial charge in [-0.3, -0.25) is 10.4 Å². The molecule has 1 aromatic carbocycles. The summed E-state index contributed by atoms with van der Waals surface area (Å²) >= 11 is 2.26. The van der Waals surface area contributed by atoms with Crippen LogP contribution in [-0.2, 0) is 4.74 Å². The van der Waals surface area contributed by atoms with Crippen LogP contribution >= 0.6 is 22.6 Å². The van der Waals surface area contributed by atoms with E-state index in [0.29, 0.717) is 12.5 Å². The van der Waals surface area contributed by atoms with Crippen molar-refractivity contribution in [2.24, 2.45) is 10.8 Å². The van der Waals surface area contributed by atoms with E-state index >= 15 is 0 Å². The summed E-state index contributed by atoms with van der Waals surface area (Å²) in [5.41, 5.74) is 3.55. The predicted molar refractivity (Wildman–Crippen MR) is 83.5 cm³/mol. The second-order valence-corrected chi connectivity index (χ2v) is 4.69. The van der Waals surface area contributed by atoms with Gasteiger partial charge in [-0.15, -0.1) is 0 Å². The van der Waals surface area contributed by atoms with Crippen LogP contribution in [0, 0.1) is 3.57 Å². The molecule has 0 spiro atoms. The molecule has 0 unspecified atom stereocenters. The SMILES string of the molecule is CCOCCCN=C(NN)Nc1ccccc1I. The maximum Gasteiger partial charge on any atom is 0.210 e. The van der Waals surface area contributed by atoms with Crippen molar-refractivity contribution in [3.05, 3.63) is 27.8 Å². The molecule has 6 heteroatoms. The fourth-order valence-corrected chi connectivity index (χ4v) is 1.84. The molecule has 0 aromatic heterocycles. The number of hydrogen-bond donors (Lipinski definition) is 3. The molecule has 18 heavy (non-hydrogen) atoms. The normalized spacial score (nSPS) is 11.4. The number of halogens is 1. The number of guanidine groups is 1. The van der Waals surface area contributed by atoms with Crippen LogP contribution in [0.1, 0.15) is 13.3 Å². The Morgan fingerprint density at radius 3 is 2.89 bits per heavy atom. The van der Waals surface area contributed by atoms with Crippen molar-refractivity contribution < 1.29 is 4.74 Å². The Morgan fingerprint density at radius 1 is 1.44 bits per heavy atom. The maximum absolute atomic E-state index is 5.43. The van der Waals surface area contributed by atoms with Gasteiger partial charge in [-0.25, -0.2) is 5.84 Å². The molecule has 1 aromatic rings. The average molecular weight is 362 g/mol. The fourth-order valence-electron chi connectivity index (χ4n) is 1.31. The number of rotatable bonds is 6. The van der Waals surface area contributed by atoms with E-state index in [1.54, 1.807) is 0 Å². The molecule has 0 saturated heterocycles. The third-order valence-electron chi connectivity index (χ3n) is 2.18. The Morgan fingerprint density at radius 2 is 2.22 bits per heavy atom. The second kappa shape index (κ2) is 9.12. The molecule has 0 saturated carbocycles. The van der Waals surface area contributed by atoms with Gasteiger partial charge in [-0.05, 0) is 48.1 Å². The highest BCUT2D eigenvalue weighted by atomic mass is 127. The molecule has 1 rings (SSSR count). The van der Waals surface area contributed by atoms with Gasteiger partial charge in [0.25, 0.3) is 0 Å². The van der Waals surface area contributed by atoms with Crippen LogP contribution in [0.25, 0.3) is 0 Å². The molecule has 100 valence electrons. The lowest BCUT2D eigenvalue weighted by Crippen LogP contribution is -2.36. The van der Waals surface area contributed by atoms with Crippen molar-refractivity contribution in [1.82, 2.24) is 5.43 Å². The van der Waals surface area contributed by atoms with Gasteiger partial charge in [0, 0.05) is 23.3 Å². The molecule has 0 aliphatic rings. The first-order valence-corrected chi connectivity index (χ1v) is 6.96. The number of benzene rings is 1. The van der Waals surface area contributed by atoms with E-state index in [1.165, 1.54) is 0 Å². The van der Waals surface area contributed by atoms with Gasteiger partial charge in [-0.2, -0.15) is 0 Å². The number of nitrogens with two attached hydrogens (primary N) is 1. The Balaban J connectivity index is 2.46. The number of nitrogens with zero attached hydrogens (tertiary/aromatic N) is 1. The molecule has 0 aliphatic carbocycles.